The monoisotopic (exact) mass is 569 g/mol. The normalized spacial score (nSPS) is 12.2. The fraction of sp³-hybridized carbons (Fsp3) is 0.222. The Bertz CT molecular complexity index is 868. The van der Waals surface area contributed by atoms with Gasteiger partial charge in [-0.3, -0.25) is 30.8 Å². The van der Waals surface area contributed by atoms with Gasteiger partial charge < -0.3 is 25.3 Å². The molecule has 1 radical (unpaired) electrons. The molecular formula is C18H22ClFeN8O4S2. The maximum Gasteiger partial charge on any atom is 3.00 e. The zero-order valence-corrected chi connectivity index (χ0v) is 22.0. The van der Waals surface area contributed by atoms with E-state index in [1.807, 2.05) is 50.2 Å². The van der Waals surface area contributed by atoms with Crippen molar-refractivity contribution in [1.29, 1.82) is 0 Å². The van der Waals surface area contributed by atoms with Crippen molar-refractivity contribution in [2.75, 3.05) is 14.1 Å². The molecule has 12 nitrogen and oxygen atoms in total. The summed E-state index contributed by atoms with van der Waals surface area (Å²) in [5.74, 6) is 0. The minimum absolute atomic E-state index is 0. The number of aliphatic imine (C=N–C) groups is 2. The molecule has 16 heteroatoms. The zero-order valence-electron chi connectivity index (χ0n) is 18.5. The number of hydrogen-bond donors (Lipinski definition) is 2. The molecule has 185 valence electrons. The third-order valence-corrected chi connectivity index (χ3v) is 3.66. The molecule has 34 heavy (non-hydrogen) atoms. The Morgan fingerprint density at radius 2 is 1.09 bits per heavy atom. The van der Waals surface area contributed by atoms with Crippen LogP contribution in [0.4, 0.5) is 0 Å². The number of pyridine rings is 2. The van der Waals surface area contributed by atoms with Gasteiger partial charge in [-0.1, -0.05) is 12.1 Å². The van der Waals surface area contributed by atoms with E-state index in [0.717, 1.165) is 22.8 Å². The van der Waals surface area contributed by atoms with E-state index in [-0.39, 0.29) is 17.1 Å². The van der Waals surface area contributed by atoms with Crippen LogP contribution in [0.1, 0.15) is 25.2 Å². The minimum atomic E-state index is -4.94. The van der Waals surface area contributed by atoms with Gasteiger partial charge in [0.15, 0.2) is 0 Å². The van der Waals surface area contributed by atoms with Crippen LogP contribution >= 0.6 is 0 Å². The topological polar surface area (TPSA) is 192 Å². The molecule has 2 aromatic rings. The first-order chi connectivity index (χ1) is 15.5. The number of hydrazone groups is 2. The second kappa shape index (κ2) is 19.0. The van der Waals surface area contributed by atoms with Crippen LogP contribution in [0.15, 0.2) is 69.0 Å². The van der Waals surface area contributed by atoms with E-state index in [9.17, 15) is 0 Å². The molecule has 0 spiro atoms. The summed E-state index contributed by atoms with van der Waals surface area (Å²) in [7, 11) is -1.72. The molecule has 0 amide bonds. The van der Waals surface area contributed by atoms with Crippen molar-refractivity contribution in [3.63, 3.8) is 0 Å². The number of halogens is 1. The fourth-order valence-corrected chi connectivity index (χ4v) is 1.72. The predicted molar refractivity (Wildman–Crippen MR) is 121 cm³/mol. The van der Waals surface area contributed by atoms with Crippen molar-refractivity contribution in [2.45, 2.75) is 13.8 Å². The van der Waals surface area contributed by atoms with Crippen molar-refractivity contribution in [1.82, 2.24) is 20.8 Å². The molecule has 0 unspecified atom stereocenters. The van der Waals surface area contributed by atoms with Gasteiger partial charge in [0.2, 0.25) is 0 Å². The number of aromatic nitrogens is 2. The summed E-state index contributed by atoms with van der Waals surface area (Å²) < 4.78 is 34.0. The summed E-state index contributed by atoms with van der Waals surface area (Å²) in [6.45, 7) is 3.71. The summed E-state index contributed by atoms with van der Waals surface area (Å²) in [5, 5.41) is 8.79. The van der Waals surface area contributed by atoms with Gasteiger partial charge in [0.25, 0.3) is 0 Å². The van der Waals surface area contributed by atoms with Gasteiger partial charge in [-0.05, 0) is 48.4 Å². The van der Waals surface area contributed by atoms with Gasteiger partial charge >= 0.3 is 17.1 Å². The Morgan fingerprint density at radius 3 is 1.32 bits per heavy atom. The molecule has 0 aliphatic carbocycles. The summed E-state index contributed by atoms with van der Waals surface area (Å²) in [6.07, 6.45) is 3.44. The third kappa shape index (κ3) is 19.2. The van der Waals surface area contributed by atoms with Crippen LogP contribution in [0.3, 0.4) is 0 Å². The van der Waals surface area contributed by atoms with Crippen LogP contribution in [-0.4, -0.2) is 45.8 Å². The van der Waals surface area contributed by atoms with Gasteiger partial charge in [-0.25, -0.2) is 18.6 Å². The van der Waals surface area contributed by atoms with E-state index in [1.165, 1.54) is 0 Å². The molecule has 0 bridgehead atoms. The molecule has 0 aliphatic heterocycles. The maximum atomic E-state index is 8.49. The van der Waals surface area contributed by atoms with E-state index in [1.54, 1.807) is 26.5 Å². The largest absolute Gasteiger partial charge is 3.00 e. The quantitative estimate of drug-likeness (QED) is 0.127. The van der Waals surface area contributed by atoms with Gasteiger partial charge in [-0.2, -0.15) is 10.2 Å². The van der Waals surface area contributed by atoms with Crippen LogP contribution in [0.2, 0.25) is 0 Å². The molecule has 2 rings (SSSR count). The Kier molecular flexibility index (Phi) is 18.9. The smallest absolute Gasteiger partial charge is 0.741 e. The van der Waals surface area contributed by atoms with Crippen LogP contribution in [0.25, 0.3) is 0 Å². The Hall–Kier alpha value is -2.33. The molecular weight excluding hydrogens is 548 g/mol. The first kappa shape index (κ1) is 33.8. The number of amidine groups is 2. The summed E-state index contributed by atoms with van der Waals surface area (Å²) in [6, 6.07) is 11.3. The van der Waals surface area contributed by atoms with E-state index in [2.05, 4.69) is 41.0 Å². The van der Waals surface area contributed by atoms with E-state index >= 15 is 0 Å². The van der Waals surface area contributed by atoms with Gasteiger partial charge in [0.05, 0.1) is 22.8 Å². The fourth-order valence-electron chi connectivity index (χ4n) is 1.63. The van der Waals surface area contributed by atoms with Crippen molar-refractivity contribution in [3.8, 4) is 0 Å². The first-order valence-corrected chi connectivity index (χ1v) is 10.9. The minimum Gasteiger partial charge on any atom is -0.741 e. The molecule has 0 saturated carbocycles. The summed E-state index contributed by atoms with van der Waals surface area (Å²) >= 11 is 9.64. The van der Waals surface area contributed by atoms with E-state index in [0.29, 0.717) is 10.3 Å². The maximum absolute atomic E-state index is 8.49. The molecule has 2 heterocycles. The first-order valence-electron chi connectivity index (χ1n) is 8.80. The van der Waals surface area contributed by atoms with Gasteiger partial charge in [0, 0.05) is 26.5 Å². The average molecular weight is 570 g/mol. The van der Waals surface area contributed by atoms with Crippen molar-refractivity contribution in [3.05, 3.63) is 60.2 Å². The summed E-state index contributed by atoms with van der Waals surface area (Å²) in [4.78, 5) is 15.8. The zero-order chi connectivity index (χ0) is 25.3. The Balaban J connectivity index is 0. The van der Waals surface area contributed by atoms with E-state index < -0.39 is 10.2 Å². The van der Waals surface area contributed by atoms with Gasteiger partial charge in [0.1, 0.15) is 0 Å². The molecule has 0 saturated heterocycles. The molecule has 0 aromatic carbocycles. The second-order valence-corrected chi connectivity index (χ2v) is 7.01. The molecule has 2 N–H and O–H groups in total. The molecule has 2 aromatic heterocycles. The van der Waals surface area contributed by atoms with Gasteiger partial charge in [-0.15, -0.1) is 10.2 Å². The van der Waals surface area contributed by atoms with Crippen LogP contribution in [-0.2, 0) is 42.3 Å². The van der Waals surface area contributed by atoms with Crippen LogP contribution in [0, 0.1) is 10.2 Å². The predicted octanol–water partition coefficient (Wildman–Crippen LogP) is -2.90. The SMILES string of the molecule is CN=C([S-])N/N=C(\C)c1ccccn1.CN=C([S-])N/N=C(\C)c1ccccn1.[Fe+3].[O-][Cl+3]([O-])([O-])[O-]. The number of rotatable bonds is 4. The van der Waals surface area contributed by atoms with Crippen LogP contribution < -0.4 is 29.5 Å². The molecule has 0 atom stereocenters. The second-order valence-electron chi connectivity index (χ2n) is 5.48. The average Bonchev–Trinajstić information content (AvgIpc) is 2.80. The standard InChI is InChI=1S/2C9H12N4S.ClHO4.Fe/c2*1-7(12-13-9(14)10-2)8-5-3-4-6-11-8;2-1(3,4)5;/h2*3-6H,1-2H3,(H2,10,13,14);(H,2,3,4,5);/q;;;+3/p-3/b2*12-7+;;. The molecule has 0 aliphatic rings. The van der Waals surface area contributed by atoms with Crippen molar-refractivity contribution < 1.29 is 45.9 Å². The Morgan fingerprint density at radius 1 is 0.765 bits per heavy atom. The summed E-state index contributed by atoms with van der Waals surface area (Å²) in [5.41, 5.74) is 8.47. The van der Waals surface area contributed by atoms with E-state index in [4.69, 9.17) is 43.9 Å². The Labute approximate surface area is 221 Å². The molecule has 0 fully saturated rings. The number of nitrogens with one attached hydrogen (secondary N) is 2. The third-order valence-electron chi connectivity index (χ3n) is 3.12. The number of nitrogens with zero attached hydrogens (tertiary/aromatic N) is 6. The van der Waals surface area contributed by atoms with Crippen LogP contribution in [0.5, 0.6) is 0 Å². The number of hydrogen-bond acceptors (Lipinski definition) is 12. The van der Waals surface area contributed by atoms with Crippen molar-refractivity contribution in [2.24, 2.45) is 20.2 Å². The van der Waals surface area contributed by atoms with Crippen molar-refractivity contribution >= 4 is 47.0 Å².